The predicted octanol–water partition coefficient (Wildman–Crippen LogP) is 3.71. The number of imide groups is 1. The number of carbonyl (C=O) groups is 2. The summed E-state index contributed by atoms with van der Waals surface area (Å²) in [5.41, 5.74) is 1.25. The second-order valence-electron chi connectivity index (χ2n) is 9.62. The van der Waals surface area contributed by atoms with Crippen LogP contribution in [-0.4, -0.2) is 37.8 Å². The molecule has 8 heteroatoms. The summed E-state index contributed by atoms with van der Waals surface area (Å²) in [6.45, 7) is 7.43. The zero-order valence-corrected chi connectivity index (χ0v) is 19.4. The molecule has 1 unspecified atom stereocenters. The van der Waals surface area contributed by atoms with E-state index in [0.29, 0.717) is 40.8 Å². The van der Waals surface area contributed by atoms with Gasteiger partial charge in [0.1, 0.15) is 17.2 Å². The van der Waals surface area contributed by atoms with Crippen LogP contribution in [0.3, 0.4) is 0 Å². The Kier molecular flexibility index (Phi) is 5.49. The lowest BCUT2D eigenvalue weighted by Gasteiger charge is -2.30. The van der Waals surface area contributed by atoms with Gasteiger partial charge in [0.2, 0.25) is 0 Å². The van der Waals surface area contributed by atoms with Crippen LogP contribution in [0.5, 0.6) is 5.75 Å². The van der Waals surface area contributed by atoms with E-state index in [1.54, 1.807) is 24.3 Å². The van der Waals surface area contributed by atoms with Gasteiger partial charge in [-0.3, -0.25) is 19.6 Å². The van der Waals surface area contributed by atoms with Gasteiger partial charge < -0.3 is 4.74 Å². The molecule has 6 nitrogen and oxygen atoms in total. The van der Waals surface area contributed by atoms with E-state index in [9.17, 15) is 18.2 Å². The minimum atomic E-state index is -1.54. The quantitative estimate of drug-likeness (QED) is 0.669. The molecule has 32 heavy (non-hydrogen) atoms. The molecule has 2 aliphatic heterocycles. The smallest absolute Gasteiger partial charge is 0.261 e. The second-order valence-corrected chi connectivity index (χ2v) is 11.3. The lowest BCUT2D eigenvalue weighted by molar-refractivity contribution is 0.0416. The fourth-order valence-electron chi connectivity index (χ4n) is 4.72. The summed E-state index contributed by atoms with van der Waals surface area (Å²) in [5.74, 6) is -0.678. The molecule has 3 atom stereocenters. The van der Waals surface area contributed by atoms with Crippen LogP contribution in [0.25, 0.3) is 0 Å². The van der Waals surface area contributed by atoms with Gasteiger partial charge in [-0.25, -0.2) is 8.60 Å². The number of carbonyl (C=O) groups excluding carboxylic acids is 2. The van der Waals surface area contributed by atoms with Crippen LogP contribution < -0.4 is 9.88 Å². The molecule has 0 bridgehead atoms. The van der Waals surface area contributed by atoms with Gasteiger partial charge in [0, 0.05) is 17.5 Å². The Labute approximate surface area is 189 Å². The van der Waals surface area contributed by atoms with Crippen LogP contribution >= 0.6 is 0 Å². The van der Waals surface area contributed by atoms with E-state index in [-0.39, 0.29) is 30.1 Å². The third-order valence-electron chi connectivity index (χ3n) is 6.32. The van der Waals surface area contributed by atoms with Crippen molar-refractivity contribution in [3.8, 4) is 5.75 Å². The van der Waals surface area contributed by atoms with Crippen molar-refractivity contribution in [3.05, 3.63) is 64.5 Å². The van der Waals surface area contributed by atoms with Crippen molar-refractivity contribution in [1.82, 2.24) is 4.90 Å². The molecule has 0 spiro atoms. The van der Waals surface area contributed by atoms with Gasteiger partial charge in [-0.05, 0) is 57.4 Å². The number of nitrogens with two attached hydrogens (primary N) is 1. The first-order valence-electron chi connectivity index (χ1n) is 10.5. The predicted molar refractivity (Wildman–Crippen MR) is 120 cm³/mol. The highest BCUT2D eigenvalue weighted by atomic mass is 32.2. The first-order valence-corrected chi connectivity index (χ1v) is 11.8. The molecule has 2 heterocycles. The second kappa shape index (κ2) is 7.78. The van der Waals surface area contributed by atoms with E-state index in [4.69, 9.17) is 9.88 Å². The lowest BCUT2D eigenvalue weighted by Crippen LogP contribution is -2.46. The number of ether oxygens (including phenoxy) is 1. The normalized spacial score (nSPS) is 21.9. The molecule has 0 saturated carbocycles. The summed E-state index contributed by atoms with van der Waals surface area (Å²) in [5, 5.41) is 5.63. The highest BCUT2D eigenvalue weighted by Gasteiger charge is 2.45. The van der Waals surface area contributed by atoms with Crippen LogP contribution in [0.15, 0.2) is 36.4 Å². The monoisotopic (exact) mass is 458 g/mol. The SMILES string of the molecule is C[C@H](CC(C)(C)S(N)=O)c1cc(F)cc2c1O[C@@](C)(CN1C(=O)c3ccccc3C1=O)C2. The number of nitrogens with zero attached hydrogens (tertiary/aromatic N) is 1. The number of rotatable bonds is 6. The van der Waals surface area contributed by atoms with E-state index in [2.05, 4.69) is 0 Å². The number of benzene rings is 2. The maximum Gasteiger partial charge on any atom is 0.261 e. The van der Waals surface area contributed by atoms with Crippen LogP contribution in [0, 0.1) is 5.82 Å². The molecule has 0 saturated heterocycles. The minimum absolute atomic E-state index is 0.0573. The van der Waals surface area contributed by atoms with Crippen molar-refractivity contribution in [2.75, 3.05) is 6.54 Å². The van der Waals surface area contributed by atoms with Crippen molar-refractivity contribution in [1.29, 1.82) is 0 Å². The van der Waals surface area contributed by atoms with Crippen molar-refractivity contribution < 1.29 is 22.9 Å². The highest BCUT2D eigenvalue weighted by Crippen LogP contribution is 2.44. The van der Waals surface area contributed by atoms with Gasteiger partial charge in [0.15, 0.2) is 0 Å². The third kappa shape index (κ3) is 3.86. The Morgan fingerprint density at radius 3 is 2.38 bits per heavy atom. The molecule has 0 aliphatic carbocycles. The van der Waals surface area contributed by atoms with Crippen molar-refractivity contribution in [2.45, 2.75) is 56.8 Å². The number of hydrogen-bond donors (Lipinski definition) is 1. The van der Waals surface area contributed by atoms with Gasteiger partial charge in [0.25, 0.3) is 11.8 Å². The van der Waals surface area contributed by atoms with Gasteiger partial charge in [-0.15, -0.1) is 0 Å². The Balaban J connectivity index is 1.60. The van der Waals surface area contributed by atoms with Crippen molar-refractivity contribution in [2.24, 2.45) is 5.14 Å². The Bertz CT molecular complexity index is 1110. The Morgan fingerprint density at radius 1 is 1.22 bits per heavy atom. The van der Waals surface area contributed by atoms with Gasteiger partial charge in [-0.2, -0.15) is 0 Å². The topological polar surface area (TPSA) is 89.7 Å². The van der Waals surface area contributed by atoms with E-state index in [1.807, 2.05) is 27.7 Å². The molecular formula is C24H27FN2O4S. The summed E-state index contributed by atoms with van der Waals surface area (Å²) in [6.07, 6.45) is 0.837. The van der Waals surface area contributed by atoms with Crippen molar-refractivity contribution >= 4 is 22.8 Å². The zero-order valence-electron chi connectivity index (χ0n) is 18.6. The van der Waals surface area contributed by atoms with Gasteiger partial charge >= 0.3 is 0 Å². The van der Waals surface area contributed by atoms with E-state index in [1.165, 1.54) is 17.0 Å². The van der Waals surface area contributed by atoms with Gasteiger partial charge in [0.05, 0.1) is 33.4 Å². The molecule has 0 fully saturated rings. The van der Waals surface area contributed by atoms with Crippen LogP contribution in [0.4, 0.5) is 4.39 Å². The molecule has 0 aromatic heterocycles. The third-order valence-corrected chi connectivity index (χ3v) is 7.57. The number of amides is 2. The molecule has 2 amide bonds. The lowest BCUT2D eigenvalue weighted by atomic mass is 9.89. The number of fused-ring (bicyclic) bond motifs is 2. The Hall–Kier alpha value is -2.58. The fraction of sp³-hybridized carbons (Fsp3) is 0.417. The van der Waals surface area contributed by atoms with E-state index in [0.717, 1.165) is 0 Å². The summed E-state index contributed by atoms with van der Waals surface area (Å²) < 4.78 is 32.0. The van der Waals surface area contributed by atoms with Crippen molar-refractivity contribution in [3.63, 3.8) is 0 Å². The van der Waals surface area contributed by atoms with E-state index < -0.39 is 21.3 Å². The molecule has 4 rings (SSSR count). The molecule has 2 aromatic carbocycles. The molecule has 2 aliphatic rings. The first-order chi connectivity index (χ1) is 14.9. The van der Waals surface area contributed by atoms with Crippen LogP contribution in [0.1, 0.15) is 71.9 Å². The molecule has 2 N–H and O–H groups in total. The molecule has 0 radical (unpaired) electrons. The summed E-state index contributed by atoms with van der Waals surface area (Å²) >= 11 is 0. The molecule has 170 valence electrons. The van der Waals surface area contributed by atoms with E-state index >= 15 is 0 Å². The summed E-state index contributed by atoms with van der Waals surface area (Å²) in [4.78, 5) is 26.8. The number of halogens is 1. The Morgan fingerprint density at radius 2 is 1.81 bits per heavy atom. The van der Waals surface area contributed by atoms with Gasteiger partial charge in [-0.1, -0.05) is 19.1 Å². The first kappa shape index (κ1) is 22.6. The average Bonchev–Trinajstić information content (AvgIpc) is 3.16. The zero-order chi connectivity index (χ0) is 23.4. The number of hydrogen-bond acceptors (Lipinski definition) is 4. The molecule has 2 aromatic rings. The maximum atomic E-state index is 14.5. The largest absolute Gasteiger partial charge is 0.485 e. The van der Waals surface area contributed by atoms with Crippen LogP contribution in [0.2, 0.25) is 0 Å². The fourth-order valence-corrected chi connectivity index (χ4v) is 5.13. The summed E-state index contributed by atoms with van der Waals surface area (Å²) in [7, 11) is -1.54. The average molecular weight is 459 g/mol. The standard InChI is InChI=1S/C24H27FN2O4S/c1-14(11-23(2,3)32(26)30)19-10-16(25)9-15-12-24(4,31-20(15)19)13-27-21(28)17-7-5-6-8-18(17)22(27)29/h5-10,14H,11-13,26H2,1-4H3/t14-,24-,32?/m1/s1. The molecular weight excluding hydrogens is 431 g/mol. The summed E-state index contributed by atoms with van der Waals surface area (Å²) in [6, 6.07) is 9.60. The highest BCUT2D eigenvalue weighted by molar-refractivity contribution is 7.84. The maximum absolute atomic E-state index is 14.5. The van der Waals surface area contributed by atoms with Crippen LogP contribution in [-0.2, 0) is 17.4 Å². The minimum Gasteiger partial charge on any atom is -0.485 e.